The molecular weight excluding hydrogens is 178 g/mol. The van der Waals surface area contributed by atoms with Crippen molar-refractivity contribution in [3.8, 4) is 5.82 Å². The Bertz CT molecular complexity index is 378. The zero-order valence-corrected chi connectivity index (χ0v) is 7.88. The van der Waals surface area contributed by atoms with Crippen LogP contribution in [0.4, 0.5) is 0 Å². The predicted molar refractivity (Wildman–Crippen MR) is 51.9 cm³/mol. The molecule has 0 atom stereocenters. The minimum atomic E-state index is 0.733. The molecule has 0 saturated carbocycles. The zero-order valence-electron chi connectivity index (χ0n) is 7.88. The second-order valence-electron chi connectivity index (χ2n) is 2.88. The van der Waals surface area contributed by atoms with E-state index in [9.17, 15) is 0 Å². The largest absolute Gasteiger partial charge is 0.314 e. The van der Waals surface area contributed by atoms with Crippen molar-refractivity contribution >= 4 is 0 Å². The summed E-state index contributed by atoms with van der Waals surface area (Å²) in [5.41, 5.74) is 0.927. The molecule has 0 aliphatic rings. The van der Waals surface area contributed by atoms with Gasteiger partial charge in [0, 0.05) is 18.9 Å². The second kappa shape index (κ2) is 3.97. The summed E-state index contributed by atoms with van der Waals surface area (Å²) in [6, 6.07) is 3.86. The van der Waals surface area contributed by atoms with Gasteiger partial charge < -0.3 is 5.32 Å². The van der Waals surface area contributed by atoms with E-state index in [0.29, 0.717) is 0 Å². The number of hydrogen-bond donors (Lipinski definition) is 1. The fourth-order valence-corrected chi connectivity index (χ4v) is 1.16. The maximum atomic E-state index is 4.07. The Hall–Kier alpha value is -1.75. The van der Waals surface area contributed by atoms with Crippen LogP contribution in [0.2, 0.25) is 0 Å². The fourth-order valence-electron chi connectivity index (χ4n) is 1.16. The molecule has 72 valence electrons. The first-order valence-electron chi connectivity index (χ1n) is 4.35. The summed E-state index contributed by atoms with van der Waals surface area (Å²) in [6.07, 6.45) is 5.24. The van der Waals surface area contributed by atoms with Crippen molar-refractivity contribution in [3.63, 3.8) is 0 Å². The van der Waals surface area contributed by atoms with Crippen molar-refractivity contribution in [1.29, 1.82) is 0 Å². The number of nitrogens with one attached hydrogen (secondary N) is 1. The van der Waals surface area contributed by atoms with Crippen molar-refractivity contribution in [3.05, 3.63) is 36.5 Å². The molecule has 0 bridgehead atoms. The van der Waals surface area contributed by atoms with Gasteiger partial charge >= 0.3 is 0 Å². The molecule has 5 nitrogen and oxygen atoms in total. The zero-order chi connectivity index (χ0) is 9.80. The number of rotatable bonds is 3. The van der Waals surface area contributed by atoms with Crippen LogP contribution in [0.5, 0.6) is 0 Å². The van der Waals surface area contributed by atoms with Crippen LogP contribution in [-0.2, 0) is 6.54 Å². The molecule has 0 fully saturated rings. The second-order valence-corrected chi connectivity index (χ2v) is 2.88. The highest BCUT2D eigenvalue weighted by Gasteiger charge is 1.98. The quantitative estimate of drug-likeness (QED) is 0.758. The number of hydrogen-bond acceptors (Lipinski definition) is 4. The van der Waals surface area contributed by atoms with Crippen molar-refractivity contribution in [2.45, 2.75) is 6.54 Å². The molecule has 0 unspecified atom stereocenters. The van der Waals surface area contributed by atoms with Crippen LogP contribution in [0.15, 0.2) is 30.9 Å². The predicted octanol–water partition coefficient (Wildman–Crippen LogP) is 0.382. The topological polar surface area (TPSA) is 55.6 Å². The maximum absolute atomic E-state index is 4.07. The Morgan fingerprint density at radius 1 is 1.36 bits per heavy atom. The normalized spacial score (nSPS) is 10.4. The standard InChI is InChI=1S/C9H11N5/c1-10-6-8-2-3-9(13-12-8)14-5-4-11-7-14/h2-5,7,10H,6H2,1H3. The highest BCUT2D eigenvalue weighted by molar-refractivity contribution is 5.21. The Morgan fingerprint density at radius 2 is 2.29 bits per heavy atom. The lowest BCUT2D eigenvalue weighted by Gasteiger charge is -2.01. The first-order chi connectivity index (χ1) is 6.90. The maximum Gasteiger partial charge on any atom is 0.160 e. The van der Waals surface area contributed by atoms with Gasteiger partial charge in [0.25, 0.3) is 0 Å². The molecule has 0 aliphatic carbocycles. The van der Waals surface area contributed by atoms with Crippen LogP contribution in [-0.4, -0.2) is 26.8 Å². The highest BCUT2D eigenvalue weighted by atomic mass is 15.2. The van der Waals surface area contributed by atoms with Gasteiger partial charge in [-0.15, -0.1) is 5.10 Å². The van der Waals surface area contributed by atoms with Gasteiger partial charge in [-0.3, -0.25) is 4.57 Å². The third-order valence-corrected chi connectivity index (χ3v) is 1.83. The molecule has 2 rings (SSSR count). The van der Waals surface area contributed by atoms with Gasteiger partial charge in [0.1, 0.15) is 6.33 Å². The molecule has 5 heteroatoms. The third-order valence-electron chi connectivity index (χ3n) is 1.83. The van der Waals surface area contributed by atoms with Crippen LogP contribution in [0, 0.1) is 0 Å². The molecule has 2 heterocycles. The molecule has 0 aliphatic heterocycles. The summed E-state index contributed by atoms with van der Waals surface area (Å²) in [4.78, 5) is 3.94. The Labute approximate surface area is 81.8 Å². The number of aromatic nitrogens is 4. The SMILES string of the molecule is CNCc1ccc(-n2ccnc2)nn1. The first-order valence-corrected chi connectivity index (χ1v) is 4.35. The van der Waals surface area contributed by atoms with Crippen LogP contribution < -0.4 is 5.32 Å². The highest BCUT2D eigenvalue weighted by Crippen LogP contribution is 2.02. The van der Waals surface area contributed by atoms with Gasteiger partial charge in [0.05, 0.1) is 5.69 Å². The van der Waals surface area contributed by atoms with E-state index in [2.05, 4.69) is 20.5 Å². The number of imidazole rings is 1. The lowest BCUT2D eigenvalue weighted by atomic mass is 10.4. The van der Waals surface area contributed by atoms with E-state index < -0.39 is 0 Å². The summed E-state index contributed by atoms with van der Waals surface area (Å²) in [5.74, 6) is 0.780. The van der Waals surface area contributed by atoms with Crippen molar-refractivity contribution in [2.75, 3.05) is 7.05 Å². The lowest BCUT2D eigenvalue weighted by molar-refractivity contribution is 0.758. The van der Waals surface area contributed by atoms with Gasteiger partial charge in [0.15, 0.2) is 5.82 Å². The number of nitrogens with zero attached hydrogens (tertiary/aromatic N) is 4. The van der Waals surface area contributed by atoms with Gasteiger partial charge in [-0.1, -0.05) is 0 Å². The van der Waals surface area contributed by atoms with E-state index in [-0.39, 0.29) is 0 Å². The van der Waals surface area contributed by atoms with Gasteiger partial charge in [-0.25, -0.2) is 4.98 Å². The molecule has 0 saturated heterocycles. The van der Waals surface area contributed by atoms with E-state index in [1.807, 2.05) is 29.9 Å². The molecule has 0 aromatic carbocycles. The molecule has 0 radical (unpaired) electrons. The van der Waals surface area contributed by atoms with Gasteiger partial charge in [-0.2, -0.15) is 5.10 Å². The molecule has 0 amide bonds. The molecule has 14 heavy (non-hydrogen) atoms. The van der Waals surface area contributed by atoms with Crippen molar-refractivity contribution in [2.24, 2.45) is 0 Å². The van der Waals surface area contributed by atoms with Crippen LogP contribution in [0.1, 0.15) is 5.69 Å². The molecule has 2 aromatic rings. The lowest BCUT2D eigenvalue weighted by Crippen LogP contribution is -2.08. The summed E-state index contributed by atoms with van der Waals surface area (Å²) in [6.45, 7) is 0.733. The van der Waals surface area contributed by atoms with Crippen molar-refractivity contribution < 1.29 is 0 Å². The van der Waals surface area contributed by atoms with Crippen LogP contribution in [0.25, 0.3) is 5.82 Å². The van der Waals surface area contributed by atoms with Crippen molar-refractivity contribution in [1.82, 2.24) is 25.1 Å². The summed E-state index contributed by atoms with van der Waals surface area (Å²) in [7, 11) is 1.88. The Balaban J connectivity index is 2.22. The van der Waals surface area contributed by atoms with E-state index in [1.54, 1.807) is 12.5 Å². The summed E-state index contributed by atoms with van der Waals surface area (Å²) < 4.78 is 1.82. The van der Waals surface area contributed by atoms with Crippen LogP contribution >= 0.6 is 0 Å². The van der Waals surface area contributed by atoms with E-state index in [4.69, 9.17) is 0 Å². The first kappa shape index (κ1) is 8.83. The molecular formula is C9H11N5. The summed E-state index contributed by atoms with van der Waals surface area (Å²) >= 11 is 0. The van der Waals surface area contributed by atoms with Crippen LogP contribution in [0.3, 0.4) is 0 Å². The van der Waals surface area contributed by atoms with E-state index >= 15 is 0 Å². The van der Waals surface area contributed by atoms with Gasteiger partial charge in [0.2, 0.25) is 0 Å². The average molecular weight is 189 g/mol. The molecule has 0 spiro atoms. The smallest absolute Gasteiger partial charge is 0.160 e. The average Bonchev–Trinajstić information content (AvgIpc) is 2.72. The van der Waals surface area contributed by atoms with E-state index in [0.717, 1.165) is 18.1 Å². The Kier molecular flexibility index (Phi) is 2.51. The monoisotopic (exact) mass is 189 g/mol. The molecule has 1 N–H and O–H groups in total. The minimum Gasteiger partial charge on any atom is -0.314 e. The summed E-state index contributed by atoms with van der Waals surface area (Å²) in [5, 5.41) is 11.2. The fraction of sp³-hybridized carbons (Fsp3) is 0.222. The third kappa shape index (κ3) is 1.77. The Morgan fingerprint density at radius 3 is 2.86 bits per heavy atom. The van der Waals surface area contributed by atoms with Gasteiger partial charge in [-0.05, 0) is 19.2 Å². The minimum absolute atomic E-state index is 0.733. The molecule has 2 aromatic heterocycles. The van der Waals surface area contributed by atoms with E-state index in [1.165, 1.54) is 0 Å².